The molecule has 88 valence electrons. The molecule has 1 unspecified atom stereocenters. The number of alkyl halides is 1. The molecule has 0 nitrogen and oxygen atoms in total. The van der Waals surface area contributed by atoms with Crippen LogP contribution in [0.15, 0.2) is 28.7 Å². The van der Waals surface area contributed by atoms with Crippen LogP contribution in [0.2, 0.25) is 0 Å². The van der Waals surface area contributed by atoms with Crippen molar-refractivity contribution in [2.24, 2.45) is 5.92 Å². The SMILES string of the molecule is ClC(CCc1ccccc1Br)C1CCCC1. The molecule has 0 spiro atoms. The highest BCUT2D eigenvalue weighted by molar-refractivity contribution is 9.10. The normalized spacial score (nSPS) is 18.9. The molecule has 0 N–H and O–H groups in total. The van der Waals surface area contributed by atoms with E-state index in [2.05, 4.69) is 40.2 Å². The standard InChI is InChI=1S/C14H18BrCl/c15-13-8-4-3-5-11(13)9-10-14(16)12-6-1-2-7-12/h3-5,8,12,14H,1-2,6-7,9-10H2. The summed E-state index contributed by atoms with van der Waals surface area (Å²) >= 11 is 10.1. The second-order valence-corrected chi connectivity index (χ2v) is 6.11. The zero-order chi connectivity index (χ0) is 11.4. The molecule has 1 aliphatic carbocycles. The zero-order valence-electron chi connectivity index (χ0n) is 9.46. The third-order valence-corrected chi connectivity index (χ3v) is 4.91. The first-order valence-corrected chi connectivity index (χ1v) is 7.38. The van der Waals surface area contributed by atoms with Crippen molar-refractivity contribution in [3.63, 3.8) is 0 Å². The molecule has 1 saturated carbocycles. The first-order chi connectivity index (χ1) is 7.77. The lowest BCUT2D eigenvalue weighted by Crippen LogP contribution is -2.12. The van der Waals surface area contributed by atoms with Gasteiger partial charge in [-0.15, -0.1) is 11.6 Å². The molecule has 0 bridgehead atoms. The fraction of sp³-hybridized carbons (Fsp3) is 0.571. The predicted octanol–water partition coefficient (Wildman–Crippen LogP) is 5.18. The van der Waals surface area contributed by atoms with Gasteiger partial charge in [0, 0.05) is 9.85 Å². The number of hydrogen-bond donors (Lipinski definition) is 0. The van der Waals surface area contributed by atoms with E-state index in [1.807, 2.05) is 0 Å². The van der Waals surface area contributed by atoms with Crippen molar-refractivity contribution in [1.82, 2.24) is 0 Å². The van der Waals surface area contributed by atoms with E-state index in [1.54, 1.807) is 0 Å². The van der Waals surface area contributed by atoms with Crippen LogP contribution in [0, 0.1) is 5.92 Å². The number of halogens is 2. The summed E-state index contributed by atoms with van der Waals surface area (Å²) < 4.78 is 1.21. The molecule has 16 heavy (non-hydrogen) atoms. The van der Waals surface area contributed by atoms with E-state index < -0.39 is 0 Å². The van der Waals surface area contributed by atoms with Crippen LogP contribution in [0.3, 0.4) is 0 Å². The van der Waals surface area contributed by atoms with Crippen LogP contribution in [0.1, 0.15) is 37.7 Å². The van der Waals surface area contributed by atoms with Crippen LogP contribution in [0.25, 0.3) is 0 Å². The molecule has 1 fully saturated rings. The number of aryl methyl sites for hydroxylation is 1. The number of benzene rings is 1. The van der Waals surface area contributed by atoms with E-state index in [9.17, 15) is 0 Å². The summed E-state index contributed by atoms with van der Waals surface area (Å²) in [6.45, 7) is 0. The van der Waals surface area contributed by atoms with Crippen molar-refractivity contribution in [1.29, 1.82) is 0 Å². The maximum Gasteiger partial charge on any atom is 0.0367 e. The Morgan fingerprint density at radius 2 is 1.94 bits per heavy atom. The number of hydrogen-bond acceptors (Lipinski definition) is 0. The smallest absolute Gasteiger partial charge is 0.0367 e. The lowest BCUT2D eigenvalue weighted by atomic mass is 9.98. The molecule has 1 aromatic rings. The Balaban J connectivity index is 1.84. The van der Waals surface area contributed by atoms with Crippen LogP contribution in [-0.4, -0.2) is 5.38 Å². The Hall–Kier alpha value is -0.0100. The summed E-state index contributed by atoms with van der Waals surface area (Å²) in [6, 6.07) is 8.44. The van der Waals surface area contributed by atoms with Gasteiger partial charge in [-0.05, 0) is 43.2 Å². The molecule has 0 radical (unpaired) electrons. The molecule has 0 amide bonds. The minimum absolute atomic E-state index is 0.370. The maximum absolute atomic E-state index is 6.47. The summed E-state index contributed by atoms with van der Waals surface area (Å²) in [5.41, 5.74) is 1.38. The second-order valence-electron chi connectivity index (χ2n) is 4.69. The summed E-state index contributed by atoms with van der Waals surface area (Å²) in [7, 11) is 0. The first kappa shape index (κ1) is 12.4. The van der Waals surface area contributed by atoms with Gasteiger partial charge < -0.3 is 0 Å². The monoisotopic (exact) mass is 300 g/mol. The van der Waals surface area contributed by atoms with Gasteiger partial charge in [0.25, 0.3) is 0 Å². The Labute approximate surface area is 112 Å². The summed E-state index contributed by atoms with van der Waals surface area (Å²) in [4.78, 5) is 0. The number of rotatable bonds is 4. The van der Waals surface area contributed by atoms with Gasteiger partial charge in [0.05, 0.1) is 0 Å². The van der Waals surface area contributed by atoms with E-state index in [4.69, 9.17) is 11.6 Å². The van der Waals surface area contributed by atoms with Crippen LogP contribution < -0.4 is 0 Å². The minimum atomic E-state index is 0.370. The van der Waals surface area contributed by atoms with Gasteiger partial charge in [-0.25, -0.2) is 0 Å². The minimum Gasteiger partial charge on any atom is -0.123 e. The maximum atomic E-state index is 6.47. The average Bonchev–Trinajstić information content (AvgIpc) is 2.81. The summed E-state index contributed by atoms with van der Waals surface area (Å²) in [6.07, 6.45) is 7.63. The van der Waals surface area contributed by atoms with Gasteiger partial charge in [-0.2, -0.15) is 0 Å². The van der Waals surface area contributed by atoms with Crippen LogP contribution in [0.5, 0.6) is 0 Å². The zero-order valence-corrected chi connectivity index (χ0v) is 11.8. The fourth-order valence-corrected chi connectivity index (χ4v) is 3.39. The van der Waals surface area contributed by atoms with E-state index in [0.717, 1.165) is 18.8 Å². The van der Waals surface area contributed by atoms with E-state index in [1.165, 1.54) is 35.7 Å². The van der Waals surface area contributed by atoms with Crippen molar-refractivity contribution in [3.05, 3.63) is 34.3 Å². The Kier molecular flexibility index (Phi) is 4.72. The first-order valence-electron chi connectivity index (χ1n) is 6.15. The molecule has 2 heteroatoms. The van der Waals surface area contributed by atoms with Gasteiger partial charge in [-0.1, -0.05) is 47.0 Å². The average molecular weight is 302 g/mol. The Morgan fingerprint density at radius 3 is 2.62 bits per heavy atom. The molecule has 0 saturated heterocycles. The highest BCUT2D eigenvalue weighted by atomic mass is 79.9. The molecular formula is C14H18BrCl. The van der Waals surface area contributed by atoms with Crippen molar-refractivity contribution >= 4 is 27.5 Å². The van der Waals surface area contributed by atoms with Crippen molar-refractivity contribution in [2.45, 2.75) is 43.9 Å². The molecule has 1 aliphatic rings. The predicted molar refractivity (Wildman–Crippen MR) is 74.1 cm³/mol. The lowest BCUT2D eigenvalue weighted by Gasteiger charge is -2.16. The van der Waals surface area contributed by atoms with E-state index in [0.29, 0.717) is 5.38 Å². The molecule has 0 heterocycles. The summed E-state index contributed by atoms with van der Waals surface area (Å²) in [5, 5.41) is 0.370. The van der Waals surface area contributed by atoms with Crippen molar-refractivity contribution in [2.75, 3.05) is 0 Å². The van der Waals surface area contributed by atoms with Gasteiger partial charge in [-0.3, -0.25) is 0 Å². The van der Waals surface area contributed by atoms with Crippen LogP contribution in [0.4, 0.5) is 0 Å². The molecule has 1 aromatic carbocycles. The van der Waals surface area contributed by atoms with Gasteiger partial charge >= 0.3 is 0 Å². The third kappa shape index (κ3) is 3.24. The highest BCUT2D eigenvalue weighted by Crippen LogP contribution is 2.33. The van der Waals surface area contributed by atoms with Gasteiger partial charge in [0.1, 0.15) is 0 Å². The third-order valence-electron chi connectivity index (χ3n) is 3.56. The summed E-state index contributed by atoms with van der Waals surface area (Å²) in [5.74, 6) is 0.768. The highest BCUT2D eigenvalue weighted by Gasteiger charge is 2.22. The van der Waals surface area contributed by atoms with E-state index in [-0.39, 0.29) is 0 Å². The van der Waals surface area contributed by atoms with Crippen LogP contribution >= 0.6 is 27.5 Å². The fourth-order valence-electron chi connectivity index (χ4n) is 2.55. The van der Waals surface area contributed by atoms with Crippen LogP contribution in [-0.2, 0) is 6.42 Å². The quantitative estimate of drug-likeness (QED) is 0.672. The molecule has 0 aromatic heterocycles. The molecule has 2 rings (SSSR count). The molecule has 0 aliphatic heterocycles. The lowest BCUT2D eigenvalue weighted by molar-refractivity contribution is 0.492. The Morgan fingerprint density at radius 1 is 1.25 bits per heavy atom. The van der Waals surface area contributed by atoms with E-state index >= 15 is 0 Å². The van der Waals surface area contributed by atoms with Crippen molar-refractivity contribution < 1.29 is 0 Å². The topological polar surface area (TPSA) is 0 Å². The molecule has 1 atom stereocenters. The van der Waals surface area contributed by atoms with Crippen molar-refractivity contribution in [3.8, 4) is 0 Å². The second kappa shape index (κ2) is 6.07. The Bertz CT molecular complexity index is 331. The van der Waals surface area contributed by atoms with Gasteiger partial charge in [0.15, 0.2) is 0 Å². The largest absolute Gasteiger partial charge is 0.123 e. The van der Waals surface area contributed by atoms with Gasteiger partial charge in [0.2, 0.25) is 0 Å². The molecular weight excluding hydrogens is 284 g/mol.